The predicted molar refractivity (Wildman–Crippen MR) is 61.8 cm³/mol. The van der Waals surface area contributed by atoms with Crippen LogP contribution in [0.25, 0.3) is 0 Å². The van der Waals surface area contributed by atoms with Gasteiger partial charge in [-0.25, -0.2) is 0 Å². The second-order valence-corrected chi connectivity index (χ2v) is 3.24. The number of hydrogen-bond acceptors (Lipinski definition) is 4. The van der Waals surface area contributed by atoms with Crippen molar-refractivity contribution in [1.82, 2.24) is 10.6 Å². The molecule has 0 spiro atoms. The number of hydrogen-bond donors (Lipinski definition) is 3. The van der Waals surface area contributed by atoms with E-state index >= 15 is 0 Å². The molecule has 0 saturated carbocycles. The van der Waals surface area contributed by atoms with Crippen LogP contribution in [-0.2, 0) is 4.79 Å². The lowest BCUT2D eigenvalue weighted by atomic mass is 10.2. The Balaban J connectivity index is 2.45. The third-order valence-electron chi connectivity index (χ3n) is 1.92. The summed E-state index contributed by atoms with van der Waals surface area (Å²) in [6, 6.07) is 8.19. The summed E-state index contributed by atoms with van der Waals surface area (Å²) in [6.07, 6.45) is 0. The normalized spacial score (nSPS) is 9.12. The summed E-state index contributed by atoms with van der Waals surface area (Å²) in [6.45, 7) is -0.248. The third kappa shape index (κ3) is 4.22. The number of anilines is 1. The number of amides is 2. The van der Waals surface area contributed by atoms with E-state index in [9.17, 15) is 9.59 Å². The van der Waals surface area contributed by atoms with E-state index in [1.54, 1.807) is 24.3 Å². The lowest BCUT2D eigenvalue weighted by Gasteiger charge is -2.05. The molecule has 0 aliphatic heterocycles. The molecular weight excluding hydrogens is 220 g/mol. The zero-order valence-corrected chi connectivity index (χ0v) is 9.06. The first-order valence-electron chi connectivity index (χ1n) is 4.91. The first-order chi connectivity index (χ1) is 8.13. The Morgan fingerprint density at radius 3 is 2.76 bits per heavy atom. The Hall–Kier alpha value is -2.55. The Morgan fingerprint density at radius 2 is 2.12 bits per heavy atom. The maximum atomic E-state index is 11.6. The monoisotopic (exact) mass is 232 g/mol. The molecule has 0 aliphatic rings. The minimum atomic E-state index is -0.413. The molecular formula is C11H12N4O2. The van der Waals surface area contributed by atoms with Crippen LogP contribution >= 0.6 is 0 Å². The van der Waals surface area contributed by atoms with E-state index in [0.29, 0.717) is 11.3 Å². The van der Waals surface area contributed by atoms with Crippen LogP contribution in [0.5, 0.6) is 0 Å². The fourth-order valence-electron chi connectivity index (χ4n) is 1.14. The van der Waals surface area contributed by atoms with Gasteiger partial charge >= 0.3 is 0 Å². The van der Waals surface area contributed by atoms with Gasteiger partial charge in [-0.15, -0.1) is 0 Å². The van der Waals surface area contributed by atoms with Gasteiger partial charge in [0.05, 0.1) is 12.6 Å². The standard InChI is InChI=1S/C11H12N4O2/c12-4-5-14-10(16)7-15-11(17)8-2-1-3-9(13)6-8/h1-3,6H,5,7,13H2,(H,14,16)(H,15,17). The van der Waals surface area contributed by atoms with Crippen molar-refractivity contribution in [3.8, 4) is 6.07 Å². The van der Waals surface area contributed by atoms with E-state index in [2.05, 4.69) is 10.6 Å². The van der Waals surface area contributed by atoms with Gasteiger partial charge < -0.3 is 16.4 Å². The van der Waals surface area contributed by atoms with Gasteiger partial charge in [-0.3, -0.25) is 9.59 Å². The highest BCUT2D eigenvalue weighted by atomic mass is 16.2. The summed E-state index contributed by atoms with van der Waals surface area (Å²) in [4.78, 5) is 22.7. The van der Waals surface area contributed by atoms with Crippen LogP contribution in [0.3, 0.4) is 0 Å². The summed E-state index contributed by atoms with van der Waals surface area (Å²) < 4.78 is 0. The molecule has 0 atom stereocenters. The minimum Gasteiger partial charge on any atom is -0.399 e. The molecule has 6 nitrogen and oxygen atoms in total. The second kappa shape index (κ2) is 6.12. The van der Waals surface area contributed by atoms with Crippen molar-refractivity contribution in [3.63, 3.8) is 0 Å². The highest BCUT2D eigenvalue weighted by Crippen LogP contribution is 2.05. The molecule has 88 valence electrons. The molecule has 1 aromatic rings. The van der Waals surface area contributed by atoms with E-state index in [1.807, 2.05) is 0 Å². The first kappa shape index (κ1) is 12.5. The number of carbonyl (C=O) groups excluding carboxylic acids is 2. The zero-order valence-electron chi connectivity index (χ0n) is 9.06. The number of nitriles is 1. The van der Waals surface area contributed by atoms with Crippen LogP contribution in [0.4, 0.5) is 5.69 Å². The molecule has 6 heteroatoms. The Labute approximate surface area is 98.4 Å². The van der Waals surface area contributed by atoms with Gasteiger partial charge in [0.1, 0.15) is 6.54 Å². The largest absolute Gasteiger partial charge is 0.399 e. The number of rotatable bonds is 4. The highest BCUT2D eigenvalue weighted by molar-refractivity contribution is 5.97. The van der Waals surface area contributed by atoms with Crippen LogP contribution in [0.1, 0.15) is 10.4 Å². The molecule has 0 heterocycles. The molecule has 0 saturated heterocycles. The van der Waals surface area contributed by atoms with Crippen LogP contribution in [0.15, 0.2) is 24.3 Å². The average Bonchev–Trinajstić information content (AvgIpc) is 2.33. The highest BCUT2D eigenvalue weighted by Gasteiger charge is 2.07. The Morgan fingerprint density at radius 1 is 1.35 bits per heavy atom. The average molecular weight is 232 g/mol. The van der Waals surface area contributed by atoms with Crippen molar-refractivity contribution in [2.75, 3.05) is 18.8 Å². The molecule has 0 fully saturated rings. The van der Waals surface area contributed by atoms with Crippen molar-refractivity contribution in [2.45, 2.75) is 0 Å². The molecule has 0 unspecified atom stereocenters. The topological polar surface area (TPSA) is 108 Å². The molecule has 0 radical (unpaired) electrons. The van der Waals surface area contributed by atoms with Crippen molar-refractivity contribution in [3.05, 3.63) is 29.8 Å². The van der Waals surface area contributed by atoms with Crippen molar-refractivity contribution >= 4 is 17.5 Å². The Kier molecular flexibility index (Phi) is 4.51. The molecule has 17 heavy (non-hydrogen) atoms. The fourth-order valence-corrected chi connectivity index (χ4v) is 1.14. The maximum absolute atomic E-state index is 11.6. The van der Waals surface area contributed by atoms with Crippen LogP contribution < -0.4 is 16.4 Å². The van der Waals surface area contributed by atoms with Crippen molar-refractivity contribution < 1.29 is 9.59 Å². The number of benzene rings is 1. The number of nitrogen functional groups attached to an aromatic ring is 1. The number of nitrogens with one attached hydrogen (secondary N) is 2. The number of nitrogens with two attached hydrogens (primary N) is 1. The van der Waals surface area contributed by atoms with Gasteiger partial charge in [0.15, 0.2) is 0 Å². The molecule has 0 aliphatic carbocycles. The van der Waals surface area contributed by atoms with Crippen molar-refractivity contribution in [1.29, 1.82) is 5.26 Å². The van der Waals surface area contributed by atoms with Crippen LogP contribution in [0.2, 0.25) is 0 Å². The molecule has 1 aromatic carbocycles. The molecule has 0 bridgehead atoms. The SMILES string of the molecule is N#CCNC(=O)CNC(=O)c1cccc(N)c1. The third-order valence-corrected chi connectivity index (χ3v) is 1.92. The predicted octanol–water partition coefficient (Wildman–Crippen LogP) is -0.362. The summed E-state index contributed by atoms with van der Waals surface area (Å²) in [7, 11) is 0. The Bertz CT molecular complexity index is 465. The van der Waals surface area contributed by atoms with Gasteiger partial charge in [0.2, 0.25) is 5.91 Å². The number of carbonyl (C=O) groups is 2. The summed E-state index contributed by atoms with van der Waals surface area (Å²) in [5, 5.41) is 13.0. The van der Waals surface area contributed by atoms with Gasteiger partial charge in [-0.1, -0.05) is 6.07 Å². The maximum Gasteiger partial charge on any atom is 0.251 e. The van der Waals surface area contributed by atoms with Gasteiger partial charge in [-0.05, 0) is 18.2 Å². The summed E-state index contributed by atoms with van der Waals surface area (Å²) >= 11 is 0. The van der Waals surface area contributed by atoms with E-state index in [1.165, 1.54) is 6.07 Å². The van der Waals surface area contributed by atoms with Gasteiger partial charge in [0, 0.05) is 11.3 Å². The zero-order chi connectivity index (χ0) is 12.7. The van der Waals surface area contributed by atoms with Crippen molar-refractivity contribution in [2.24, 2.45) is 0 Å². The second-order valence-electron chi connectivity index (χ2n) is 3.24. The van der Waals surface area contributed by atoms with Gasteiger partial charge in [-0.2, -0.15) is 5.26 Å². The van der Waals surface area contributed by atoms with Gasteiger partial charge in [0.25, 0.3) is 5.91 Å². The molecule has 4 N–H and O–H groups in total. The summed E-state index contributed by atoms with van der Waals surface area (Å²) in [5.74, 6) is -0.798. The van der Waals surface area contributed by atoms with Crippen LogP contribution in [-0.4, -0.2) is 24.9 Å². The van der Waals surface area contributed by atoms with E-state index < -0.39 is 5.91 Å². The molecule has 1 rings (SSSR count). The molecule has 2 amide bonds. The minimum absolute atomic E-state index is 0.0764. The lowest BCUT2D eigenvalue weighted by Crippen LogP contribution is -2.37. The van der Waals surface area contributed by atoms with E-state index in [4.69, 9.17) is 11.0 Å². The lowest BCUT2D eigenvalue weighted by molar-refractivity contribution is -0.119. The van der Waals surface area contributed by atoms with Crippen LogP contribution in [0, 0.1) is 11.3 Å². The quantitative estimate of drug-likeness (QED) is 0.486. The molecule has 0 aromatic heterocycles. The number of nitrogens with zero attached hydrogens (tertiary/aromatic N) is 1. The summed E-state index contributed by atoms with van der Waals surface area (Å²) in [5.41, 5.74) is 6.39. The fraction of sp³-hybridized carbons (Fsp3) is 0.182. The van der Waals surface area contributed by atoms with E-state index in [0.717, 1.165) is 0 Å². The smallest absolute Gasteiger partial charge is 0.251 e. The first-order valence-corrected chi connectivity index (χ1v) is 4.91. The van der Waals surface area contributed by atoms with E-state index in [-0.39, 0.29) is 19.0 Å².